The first kappa shape index (κ1) is 24.3. The number of hydrogen-bond donors (Lipinski definition) is 3. The zero-order valence-corrected chi connectivity index (χ0v) is 20.5. The van der Waals surface area contributed by atoms with Crippen molar-refractivity contribution in [2.45, 2.75) is 31.7 Å². The fourth-order valence-corrected chi connectivity index (χ4v) is 3.54. The molecule has 0 unspecified atom stereocenters. The van der Waals surface area contributed by atoms with E-state index in [4.69, 9.17) is 16.3 Å². The topological polar surface area (TPSA) is 74.8 Å². The summed E-state index contributed by atoms with van der Waals surface area (Å²) in [5, 5.41) is 10.3. The van der Waals surface area contributed by atoms with E-state index >= 15 is 0 Å². The molecule has 0 aliphatic heterocycles. The van der Waals surface area contributed by atoms with Gasteiger partial charge < -0.3 is 20.7 Å². The predicted molar refractivity (Wildman–Crippen MR) is 133 cm³/mol. The molecule has 0 saturated heterocycles. The summed E-state index contributed by atoms with van der Waals surface area (Å²) in [6.45, 7) is 2.84. The van der Waals surface area contributed by atoms with Crippen LogP contribution in [0.5, 0.6) is 5.75 Å². The number of amides is 1. The van der Waals surface area contributed by atoms with Crippen molar-refractivity contribution in [3.63, 3.8) is 0 Å². The van der Waals surface area contributed by atoms with Gasteiger partial charge in [0.1, 0.15) is 5.75 Å². The van der Waals surface area contributed by atoms with E-state index in [-0.39, 0.29) is 35.3 Å². The fraction of sp³-hybridized carbons (Fsp3) is 0.364. The third kappa shape index (κ3) is 6.25. The van der Waals surface area contributed by atoms with Crippen LogP contribution in [0.25, 0.3) is 0 Å². The minimum Gasteiger partial charge on any atom is -0.495 e. The van der Waals surface area contributed by atoms with Crippen molar-refractivity contribution >= 4 is 53.1 Å². The van der Waals surface area contributed by atoms with Crippen LogP contribution in [0.15, 0.2) is 47.5 Å². The largest absolute Gasteiger partial charge is 0.495 e. The Morgan fingerprint density at radius 3 is 2.57 bits per heavy atom. The van der Waals surface area contributed by atoms with E-state index in [0.717, 1.165) is 35.9 Å². The lowest BCUT2D eigenvalue weighted by Crippen LogP contribution is -2.40. The number of nitrogens with zero attached hydrogens (tertiary/aromatic N) is 1. The molecular formula is C22H28ClIN4O2. The number of nitrogens with one attached hydrogen (secondary N) is 3. The third-order valence-electron chi connectivity index (χ3n) is 5.14. The summed E-state index contributed by atoms with van der Waals surface area (Å²) in [6, 6.07) is 13.8. The number of ether oxygens (including phenoxy) is 1. The number of benzene rings is 2. The number of carbonyl (C=O) groups is 1. The smallest absolute Gasteiger partial charge is 0.221 e. The van der Waals surface area contributed by atoms with Crippen LogP contribution in [0.2, 0.25) is 5.02 Å². The van der Waals surface area contributed by atoms with Crippen LogP contribution < -0.4 is 20.7 Å². The highest BCUT2D eigenvalue weighted by Gasteiger charge is 2.44. The van der Waals surface area contributed by atoms with Crippen molar-refractivity contribution in [1.82, 2.24) is 10.6 Å². The minimum atomic E-state index is -0.137. The molecule has 3 rings (SSSR count). The molecule has 1 amide bonds. The van der Waals surface area contributed by atoms with Gasteiger partial charge in [-0.2, -0.15) is 0 Å². The second-order valence-corrected chi connectivity index (χ2v) is 7.72. The normalized spacial score (nSPS) is 14.3. The Hall–Kier alpha value is -2.00. The van der Waals surface area contributed by atoms with Crippen molar-refractivity contribution in [3.8, 4) is 5.75 Å². The summed E-state index contributed by atoms with van der Waals surface area (Å²) < 4.78 is 5.30. The molecule has 0 bridgehead atoms. The molecule has 6 nitrogen and oxygen atoms in total. The molecule has 0 aromatic heterocycles. The van der Waals surface area contributed by atoms with Crippen LogP contribution in [-0.2, 0) is 16.8 Å². The van der Waals surface area contributed by atoms with Crippen molar-refractivity contribution in [2.75, 3.05) is 26.0 Å². The molecule has 0 heterocycles. The molecular weight excluding hydrogens is 515 g/mol. The van der Waals surface area contributed by atoms with E-state index in [1.807, 2.05) is 36.4 Å². The van der Waals surface area contributed by atoms with E-state index in [1.165, 1.54) is 12.5 Å². The zero-order chi connectivity index (χ0) is 20.9. The van der Waals surface area contributed by atoms with E-state index < -0.39 is 0 Å². The predicted octanol–water partition coefficient (Wildman–Crippen LogP) is 4.32. The summed E-state index contributed by atoms with van der Waals surface area (Å²) in [5.41, 5.74) is 3.05. The molecule has 2 aromatic rings. The number of halogens is 2. The van der Waals surface area contributed by atoms with Gasteiger partial charge in [0, 0.05) is 37.5 Å². The number of rotatable bonds is 7. The first-order valence-electron chi connectivity index (χ1n) is 9.61. The first-order valence-corrected chi connectivity index (χ1v) is 9.98. The van der Waals surface area contributed by atoms with Crippen molar-refractivity contribution in [3.05, 3.63) is 58.6 Å². The number of anilines is 1. The van der Waals surface area contributed by atoms with Crippen LogP contribution >= 0.6 is 35.6 Å². The van der Waals surface area contributed by atoms with Crippen LogP contribution in [0, 0.1) is 0 Å². The Labute approximate surface area is 199 Å². The summed E-state index contributed by atoms with van der Waals surface area (Å²) in [5.74, 6) is 1.22. The average Bonchev–Trinajstić information content (AvgIpc) is 3.49. The molecule has 0 spiro atoms. The Bertz CT molecular complexity index is 916. The van der Waals surface area contributed by atoms with E-state index in [9.17, 15) is 4.79 Å². The molecule has 0 atom stereocenters. The molecule has 1 aliphatic rings. The monoisotopic (exact) mass is 542 g/mol. The van der Waals surface area contributed by atoms with Gasteiger partial charge in [-0.3, -0.25) is 9.79 Å². The van der Waals surface area contributed by atoms with Gasteiger partial charge in [-0.25, -0.2) is 0 Å². The lowest BCUT2D eigenvalue weighted by atomic mass is 9.96. The SMILES string of the molecule is CN=C(NCc1ccc(OC)c(NC(C)=O)c1)NCC1(c2cccc(Cl)c2)CC1.I. The van der Waals surface area contributed by atoms with E-state index in [2.05, 4.69) is 27.0 Å². The Morgan fingerprint density at radius 1 is 1.20 bits per heavy atom. The van der Waals surface area contributed by atoms with Crippen LogP contribution in [-0.4, -0.2) is 32.6 Å². The second-order valence-electron chi connectivity index (χ2n) is 7.29. The molecule has 0 radical (unpaired) electrons. The number of carbonyl (C=O) groups excluding carboxylic acids is 1. The minimum absolute atomic E-state index is 0. The maximum absolute atomic E-state index is 11.4. The zero-order valence-electron chi connectivity index (χ0n) is 17.4. The van der Waals surface area contributed by atoms with Crippen molar-refractivity contribution in [2.24, 2.45) is 4.99 Å². The Kier molecular flexibility index (Phi) is 8.78. The average molecular weight is 543 g/mol. The van der Waals surface area contributed by atoms with E-state index in [1.54, 1.807) is 14.2 Å². The standard InChI is InChI=1S/C22H27ClN4O2.HI/c1-15(28)27-19-11-16(7-8-20(19)29-3)13-25-21(24-2)26-14-22(9-10-22)17-5-4-6-18(23)12-17;/h4-8,11-12H,9-10,13-14H2,1-3H3,(H,27,28)(H2,24,25,26);1H. The quantitative estimate of drug-likeness (QED) is 0.277. The molecule has 2 aromatic carbocycles. The number of hydrogen-bond acceptors (Lipinski definition) is 3. The molecule has 1 saturated carbocycles. The lowest BCUT2D eigenvalue weighted by molar-refractivity contribution is -0.114. The summed E-state index contributed by atoms with van der Waals surface area (Å²) >= 11 is 6.16. The van der Waals surface area contributed by atoms with Gasteiger partial charge in [-0.05, 0) is 48.2 Å². The number of guanidine groups is 1. The van der Waals surface area contributed by atoms with E-state index in [0.29, 0.717) is 18.0 Å². The highest BCUT2D eigenvalue weighted by molar-refractivity contribution is 14.0. The van der Waals surface area contributed by atoms with Gasteiger partial charge in [-0.15, -0.1) is 24.0 Å². The van der Waals surface area contributed by atoms with Gasteiger partial charge in [0.15, 0.2) is 5.96 Å². The Balaban J connectivity index is 0.00000320. The first-order chi connectivity index (χ1) is 14.0. The van der Waals surface area contributed by atoms with Gasteiger partial charge in [0.05, 0.1) is 12.8 Å². The number of methoxy groups -OCH3 is 1. The maximum atomic E-state index is 11.4. The molecule has 8 heteroatoms. The highest BCUT2D eigenvalue weighted by atomic mass is 127. The van der Waals surface area contributed by atoms with Gasteiger partial charge in [-0.1, -0.05) is 29.8 Å². The third-order valence-corrected chi connectivity index (χ3v) is 5.38. The van der Waals surface area contributed by atoms with Crippen LogP contribution in [0.4, 0.5) is 5.69 Å². The molecule has 3 N–H and O–H groups in total. The summed E-state index contributed by atoms with van der Waals surface area (Å²) in [4.78, 5) is 15.7. The molecule has 1 aliphatic carbocycles. The van der Waals surface area contributed by atoms with Gasteiger partial charge in [0.2, 0.25) is 5.91 Å². The van der Waals surface area contributed by atoms with Crippen LogP contribution in [0.3, 0.4) is 0 Å². The second kappa shape index (κ2) is 10.9. The summed E-state index contributed by atoms with van der Waals surface area (Å²) in [7, 11) is 3.34. The molecule has 1 fully saturated rings. The maximum Gasteiger partial charge on any atom is 0.221 e. The Morgan fingerprint density at radius 2 is 1.97 bits per heavy atom. The lowest BCUT2D eigenvalue weighted by Gasteiger charge is -2.19. The molecule has 30 heavy (non-hydrogen) atoms. The van der Waals surface area contributed by atoms with Crippen LogP contribution in [0.1, 0.15) is 30.9 Å². The van der Waals surface area contributed by atoms with Gasteiger partial charge >= 0.3 is 0 Å². The highest BCUT2D eigenvalue weighted by Crippen LogP contribution is 2.48. The molecule has 162 valence electrons. The fourth-order valence-electron chi connectivity index (χ4n) is 3.35. The van der Waals surface area contributed by atoms with Gasteiger partial charge in [0.25, 0.3) is 0 Å². The number of aliphatic imine (C=N–C) groups is 1. The van der Waals surface area contributed by atoms with Crippen molar-refractivity contribution in [1.29, 1.82) is 0 Å². The summed E-state index contributed by atoms with van der Waals surface area (Å²) in [6.07, 6.45) is 2.27. The van der Waals surface area contributed by atoms with Crippen molar-refractivity contribution < 1.29 is 9.53 Å².